The first-order valence-corrected chi connectivity index (χ1v) is 9.09. The molecule has 0 aliphatic carbocycles. The molecule has 2 aromatic rings. The number of methoxy groups -OCH3 is 1. The van der Waals surface area contributed by atoms with Crippen molar-refractivity contribution in [2.24, 2.45) is 0 Å². The van der Waals surface area contributed by atoms with Crippen molar-refractivity contribution in [2.45, 2.75) is 24.8 Å². The number of amides is 2. The Morgan fingerprint density at radius 2 is 1.58 bits per heavy atom. The van der Waals surface area contributed by atoms with Gasteiger partial charge < -0.3 is 9.47 Å². The molecule has 0 bridgehead atoms. The Morgan fingerprint density at radius 3 is 2.15 bits per heavy atom. The third-order valence-electron chi connectivity index (χ3n) is 3.23. The predicted molar refractivity (Wildman–Crippen MR) is 102 cm³/mol. The highest BCUT2D eigenvalue weighted by atomic mass is 32.2. The van der Waals surface area contributed by atoms with Crippen LogP contribution >= 0.6 is 11.8 Å². The molecule has 0 aliphatic rings. The summed E-state index contributed by atoms with van der Waals surface area (Å²) in [6.45, 7) is 3.86. The van der Waals surface area contributed by atoms with Crippen molar-refractivity contribution >= 4 is 23.6 Å². The molecule has 0 fully saturated rings. The first-order chi connectivity index (χ1) is 12.5. The van der Waals surface area contributed by atoms with Crippen molar-refractivity contribution in [3.63, 3.8) is 0 Å². The number of thioether (sulfide) groups is 1. The van der Waals surface area contributed by atoms with Gasteiger partial charge in [0.1, 0.15) is 11.5 Å². The summed E-state index contributed by atoms with van der Waals surface area (Å²) in [5.41, 5.74) is 5.24. The maximum absolute atomic E-state index is 12.0. The number of ether oxygens (including phenoxy) is 2. The van der Waals surface area contributed by atoms with E-state index >= 15 is 0 Å². The Morgan fingerprint density at radius 1 is 0.962 bits per heavy atom. The van der Waals surface area contributed by atoms with Crippen molar-refractivity contribution in [3.05, 3.63) is 54.1 Å². The molecule has 2 aromatic carbocycles. The van der Waals surface area contributed by atoms with Crippen molar-refractivity contribution < 1.29 is 19.1 Å². The van der Waals surface area contributed by atoms with E-state index < -0.39 is 0 Å². The third kappa shape index (κ3) is 6.33. The summed E-state index contributed by atoms with van der Waals surface area (Å²) in [4.78, 5) is 24.8. The molecular formula is C19H22N2O4S. The molecule has 138 valence electrons. The third-order valence-corrected chi connectivity index (χ3v) is 4.25. The highest BCUT2D eigenvalue weighted by molar-refractivity contribution is 8.00. The molecule has 7 heteroatoms. The predicted octanol–water partition coefficient (Wildman–Crippen LogP) is 3.04. The Kier molecular flexibility index (Phi) is 7.35. The summed E-state index contributed by atoms with van der Waals surface area (Å²) < 4.78 is 10.6. The van der Waals surface area contributed by atoms with Gasteiger partial charge in [0, 0.05) is 10.5 Å². The number of hydrogen-bond acceptors (Lipinski definition) is 5. The van der Waals surface area contributed by atoms with Crippen LogP contribution in [0, 0.1) is 0 Å². The molecular weight excluding hydrogens is 352 g/mol. The minimum Gasteiger partial charge on any atom is -0.497 e. The molecule has 0 radical (unpaired) electrons. The lowest BCUT2D eigenvalue weighted by Crippen LogP contribution is -2.42. The number of carbonyl (C=O) groups excluding carboxylic acids is 2. The summed E-state index contributed by atoms with van der Waals surface area (Å²) in [6.07, 6.45) is 0.0668. The van der Waals surface area contributed by atoms with Gasteiger partial charge >= 0.3 is 0 Å². The van der Waals surface area contributed by atoms with E-state index in [2.05, 4.69) is 10.9 Å². The Labute approximate surface area is 157 Å². The molecule has 0 saturated heterocycles. The average molecular weight is 374 g/mol. The number of nitrogens with one attached hydrogen (secondary N) is 2. The number of benzene rings is 2. The van der Waals surface area contributed by atoms with Crippen molar-refractivity contribution in [2.75, 3.05) is 12.9 Å². The van der Waals surface area contributed by atoms with E-state index in [1.54, 1.807) is 31.4 Å². The van der Waals surface area contributed by atoms with Crippen LogP contribution in [0.15, 0.2) is 53.4 Å². The van der Waals surface area contributed by atoms with E-state index in [0.29, 0.717) is 11.3 Å². The maximum Gasteiger partial charge on any atom is 0.269 e. The smallest absolute Gasteiger partial charge is 0.269 e. The van der Waals surface area contributed by atoms with Gasteiger partial charge in [-0.05, 0) is 62.4 Å². The topological polar surface area (TPSA) is 76.7 Å². The molecule has 0 heterocycles. The second kappa shape index (κ2) is 9.72. The van der Waals surface area contributed by atoms with Crippen LogP contribution in [-0.4, -0.2) is 30.8 Å². The van der Waals surface area contributed by atoms with Crippen molar-refractivity contribution in [1.29, 1.82) is 0 Å². The number of rotatable bonds is 7. The molecule has 0 saturated carbocycles. The quantitative estimate of drug-likeness (QED) is 0.575. The molecule has 2 amide bonds. The van der Waals surface area contributed by atoms with Crippen molar-refractivity contribution in [3.8, 4) is 11.5 Å². The monoisotopic (exact) mass is 374 g/mol. The van der Waals surface area contributed by atoms with Gasteiger partial charge in [-0.25, -0.2) is 0 Å². The number of hydrazine groups is 1. The van der Waals surface area contributed by atoms with Gasteiger partial charge in [-0.1, -0.05) is 0 Å². The fourth-order valence-corrected chi connectivity index (χ4v) is 2.71. The zero-order valence-corrected chi connectivity index (χ0v) is 15.8. The lowest BCUT2D eigenvalue weighted by Gasteiger charge is -2.10. The Hall–Kier alpha value is -2.67. The maximum atomic E-state index is 12.0. The largest absolute Gasteiger partial charge is 0.497 e. The molecule has 0 atom stereocenters. The normalized spacial score (nSPS) is 10.3. The van der Waals surface area contributed by atoms with Gasteiger partial charge in [0.05, 0.1) is 19.0 Å². The van der Waals surface area contributed by atoms with Crippen LogP contribution in [0.5, 0.6) is 11.5 Å². The molecule has 6 nitrogen and oxygen atoms in total. The van der Waals surface area contributed by atoms with Crippen LogP contribution in [0.2, 0.25) is 0 Å². The molecule has 2 rings (SSSR count). The van der Waals surface area contributed by atoms with Crippen molar-refractivity contribution in [1.82, 2.24) is 10.9 Å². The number of hydrogen-bond donors (Lipinski definition) is 2. The molecule has 0 spiro atoms. The van der Waals surface area contributed by atoms with E-state index in [-0.39, 0.29) is 23.7 Å². The van der Waals surface area contributed by atoms with Gasteiger partial charge in [0.2, 0.25) is 5.91 Å². The Bertz CT molecular complexity index is 730. The summed E-state index contributed by atoms with van der Waals surface area (Å²) in [7, 11) is 1.60. The van der Waals surface area contributed by atoms with Crippen LogP contribution < -0.4 is 20.3 Å². The average Bonchev–Trinajstić information content (AvgIpc) is 2.65. The standard InChI is InChI=1S/C19H22N2O4S/c1-13(2)25-16-6-4-14(5-7-16)19(23)21-20-18(22)12-26-17-10-8-15(24-3)9-11-17/h4-11,13H,12H2,1-3H3,(H,20,22)(H,21,23). The van der Waals surface area contributed by atoms with E-state index in [1.165, 1.54) is 11.8 Å². The van der Waals surface area contributed by atoms with Crippen LogP contribution in [0.1, 0.15) is 24.2 Å². The highest BCUT2D eigenvalue weighted by Gasteiger charge is 2.08. The van der Waals surface area contributed by atoms with Crippen LogP contribution in [0.4, 0.5) is 0 Å². The molecule has 26 heavy (non-hydrogen) atoms. The minimum atomic E-state index is -0.385. The lowest BCUT2D eigenvalue weighted by atomic mass is 10.2. The van der Waals surface area contributed by atoms with Gasteiger partial charge in [0.25, 0.3) is 5.91 Å². The molecule has 0 aromatic heterocycles. The van der Waals surface area contributed by atoms with E-state index in [4.69, 9.17) is 9.47 Å². The molecule has 2 N–H and O–H groups in total. The fraction of sp³-hybridized carbons (Fsp3) is 0.263. The van der Waals surface area contributed by atoms with Gasteiger partial charge in [0.15, 0.2) is 0 Å². The first kappa shape index (κ1) is 19.7. The van der Waals surface area contributed by atoms with E-state index in [1.807, 2.05) is 38.1 Å². The van der Waals surface area contributed by atoms with E-state index in [9.17, 15) is 9.59 Å². The number of carbonyl (C=O) groups is 2. The summed E-state index contributed by atoms with van der Waals surface area (Å²) in [5.74, 6) is 0.962. The second-order valence-corrected chi connectivity index (χ2v) is 6.71. The lowest BCUT2D eigenvalue weighted by molar-refractivity contribution is -0.119. The Balaban J connectivity index is 1.76. The zero-order chi connectivity index (χ0) is 18.9. The fourth-order valence-electron chi connectivity index (χ4n) is 2.01. The summed E-state index contributed by atoms with van der Waals surface area (Å²) >= 11 is 1.37. The van der Waals surface area contributed by atoms with Gasteiger partial charge in [-0.3, -0.25) is 20.4 Å². The molecule has 0 unspecified atom stereocenters. The zero-order valence-electron chi connectivity index (χ0n) is 14.9. The second-order valence-electron chi connectivity index (χ2n) is 5.66. The van der Waals surface area contributed by atoms with Gasteiger partial charge in [-0.2, -0.15) is 0 Å². The SMILES string of the molecule is COc1ccc(SCC(=O)NNC(=O)c2ccc(OC(C)C)cc2)cc1. The van der Waals surface area contributed by atoms with E-state index in [0.717, 1.165) is 10.6 Å². The first-order valence-electron chi connectivity index (χ1n) is 8.10. The summed E-state index contributed by atoms with van der Waals surface area (Å²) in [5, 5.41) is 0. The minimum absolute atomic E-state index is 0.0668. The van der Waals surface area contributed by atoms with Crippen LogP contribution in [0.3, 0.4) is 0 Å². The molecule has 0 aliphatic heterocycles. The summed E-state index contributed by atoms with van der Waals surface area (Å²) in [6, 6.07) is 14.1. The highest BCUT2D eigenvalue weighted by Crippen LogP contribution is 2.20. The van der Waals surface area contributed by atoms with Gasteiger partial charge in [-0.15, -0.1) is 11.8 Å². The van der Waals surface area contributed by atoms with Crippen LogP contribution in [0.25, 0.3) is 0 Å². The van der Waals surface area contributed by atoms with Crippen LogP contribution in [-0.2, 0) is 4.79 Å².